The summed E-state index contributed by atoms with van der Waals surface area (Å²) in [6.07, 6.45) is 0. The van der Waals surface area contributed by atoms with Crippen molar-refractivity contribution in [3.05, 3.63) is 29.3 Å². The van der Waals surface area contributed by atoms with Gasteiger partial charge in [-0.1, -0.05) is 6.07 Å². The van der Waals surface area contributed by atoms with Crippen LogP contribution in [0.5, 0.6) is 0 Å². The van der Waals surface area contributed by atoms with Gasteiger partial charge >= 0.3 is 0 Å². The topological polar surface area (TPSA) is 58.6 Å². The summed E-state index contributed by atoms with van der Waals surface area (Å²) in [7, 11) is -3.47. The minimum Gasteiger partial charge on any atom is -0.378 e. The summed E-state index contributed by atoms with van der Waals surface area (Å²) in [6, 6.07) is 5.43. The Kier molecular flexibility index (Phi) is 3.36. The monoisotopic (exact) mass is 296 g/mol. The highest BCUT2D eigenvalue weighted by atomic mass is 32.2. The summed E-state index contributed by atoms with van der Waals surface area (Å²) < 4.78 is 32.7. The second-order valence-electron chi connectivity index (χ2n) is 5.98. The van der Waals surface area contributed by atoms with E-state index in [-0.39, 0.29) is 0 Å². The van der Waals surface area contributed by atoms with E-state index in [9.17, 15) is 8.42 Å². The zero-order valence-electron chi connectivity index (χ0n) is 11.8. The van der Waals surface area contributed by atoms with Crippen LogP contribution in [0, 0.1) is 0 Å². The number of ether oxygens (including phenoxy) is 1. The minimum absolute atomic E-state index is 0.384. The van der Waals surface area contributed by atoms with Crippen LogP contribution in [-0.2, 0) is 27.8 Å². The van der Waals surface area contributed by atoms with E-state index < -0.39 is 15.6 Å². The third-order valence-electron chi connectivity index (χ3n) is 3.97. The van der Waals surface area contributed by atoms with Gasteiger partial charge in [-0.25, -0.2) is 8.42 Å². The Hall–Kier alpha value is -0.950. The van der Waals surface area contributed by atoms with E-state index in [0.29, 0.717) is 24.7 Å². The van der Waals surface area contributed by atoms with Crippen LogP contribution in [-0.4, -0.2) is 38.0 Å². The van der Waals surface area contributed by atoms with E-state index in [4.69, 9.17) is 4.74 Å². The van der Waals surface area contributed by atoms with Crippen molar-refractivity contribution in [2.45, 2.75) is 37.4 Å². The lowest BCUT2D eigenvalue weighted by Gasteiger charge is -2.40. The van der Waals surface area contributed by atoms with E-state index in [1.165, 1.54) is 5.56 Å². The molecule has 0 unspecified atom stereocenters. The number of morpholine rings is 1. The van der Waals surface area contributed by atoms with Crippen LogP contribution in [0.4, 0.5) is 0 Å². The Morgan fingerprint density at radius 3 is 2.75 bits per heavy atom. The number of sulfonamides is 1. The Labute approximate surface area is 120 Å². The number of hydrogen-bond donors (Lipinski definition) is 1. The number of hydrogen-bond acceptors (Lipinski definition) is 4. The van der Waals surface area contributed by atoms with Gasteiger partial charge in [0.05, 0.1) is 23.6 Å². The maximum absolute atomic E-state index is 12.9. The molecule has 1 fully saturated rings. The van der Waals surface area contributed by atoms with E-state index in [1.807, 2.05) is 19.9 Å². The van der Waals surface area contributed by atoms with Crippen LogP contribution in [0.15, 0.2) is 23.1 Å². The minimum atomic E-state index is -3.47. The molecule has 0 spiro atoms. The third-order valence-corrected chi connectivity index (χ3v) is 6.07. The molecule has 6 heteroatoms. The molecule has 3 rings (SSSR count). The van der Waals surface area contributed by atoms with Gasteiger partial charge in [0, 0.05) is 19.6 Å². The van der Waals surface area contributed by atoms with Crippen molar-refractivity contribution in [2.24, 2.45) is 0 Å². The quantitative estimate of drug-likeness (QED) is 0.887. The zero-order chi connectivity index (χ0) is 14.4. The molecule has 0 bridgehead atoms. The third kappa shape index (κ3) is 2.26. The van der Waals surface area contributed by atoms with E-state index in [1.54, 1.807) is 16.4 Å². The summed E-state index contributed by atoms with van der Waals surface area (Å²) in [5.41, 5.74) is 1.76. The van der Waals surface area contributed by atoms with E-state index in [2.05, 4.69) is 5.32 Å². The lowest BCUT2D eigenvalue weighted by Crippen LogP contribution is -2.55. The maximum Gasteiger partial charge on any atom is 0.243 e. The summed E-state index contributed by atoms with van der Waals surface area (Å²) >= 11 is 0. The second-order valence-corrected chi connectivity index (χ2v) is 7.84. The summed E-state index contributed by atoms with van der Waals surface area (Å²) in [4.78, 5) is 0.384. The smallest absolute Gasteiger partial charge is 0.243 e. The molecule has 1 aromatic rings. The largest absolute Gasteiger partial charge is 0.378 e. The molecule has 0 saturated carbocycles. The number of rotatable bonds is 2. The van der Waals surface area contributed by atoms with Gasteiger partial charge < -0.3 is 10.1 Å². The number of nitrogens with one attached hydrogen (secondary N) is 1. The molecule has 0 aromatic heterocycles. The molecule has 0 atom stereocenters. The van der Waals surface area contributed by atoms with Gasteiger partial charge in [-0.3, -0.25) is 0 Å². The van der Waals surface area contributed by atoms with Crippen LogP contribution in [0.2, 0.25) is 0 Å². The highest BCUT2D eigenvalue weighted by Gasteiger charge is 2.39. The molecule has 1 saturated heterocycles. The zero-order valence-corrected chi connectivity index (χ0v) is 12.7. The standard InChI is InChI=1S/C14H20N2O3S/c1-14(2)10-19-6-5-16(14)20(17,18)13-4-3-11-8-15-9-12(11)7-13/h3-4,7,15H,5-6,8-10H2,1-2H3. The van der Waals surface area contributed by atoms with Gasteiger partial charge in [0.1, 0.15) is 0 Å². The first-order chi connectivity index (χ1) is 9.41. The molecular weight excluding hydrogens is 276 g/mol. The maximum atomic E-state index is 12.9. The molecule has 2 aliphatic rings. The van der Waals surface area contributed by atoms with Crippen LogP contribution in [0.1, 0.15) is 25.0 Å². The summed E-state index contributed by atoms with van der Waals surface area (Å²) in [6.45, 7) is 6.65. The summed E-state index contributed by atoms with van der Waals surface area (Å²) in [5.74, 6) is 0. The first-order valence-corrected chi connectivity index (χ1v) is 8.28. The number of fused-ring (bicyclic) bond motifs is 1. The average molecular weight is 296 g/mol. The van der Waals surface area contributed by atoms with Crippen molar-refractivity contribution < 1.29 is 13.2 Å². The van der Waals surface area contributed by atoms with Crippen molar-refractivity contribution in [1.29, 1.82) is 0 Å². The number of benzene rings is 1. The van der Waals surface area contributed by atoms with E-state index >= 15 is 0 Å². The Bertz CT molecular complexity index is 625. The molecule has 20 heavy (non-hydrogen) atoms. The molecule has 0 radical (unpaired) electrons. The van der Waals surface area contributed by atoms with Gasteiger partial charge in [-0.05, 0) is 37.1 Å². The molecular formula is C14H20N2O3S. The van der Waals surface area contributed by atoms with Crippen LogP contribution in [0.3, 0.4) is 0 Å². The lowest BCUT2D eigenvalue weighted by molar-refractivity contribution is -0.00771. The van der Waals surface area contributed by atoms with Gasteiger partial charge in [-0.15, -0.1) is 0 Å². The van der Waals surface area contributed by atoms with Crippen molar-refractivity contribution in [2.75, 3.05) is 19.8 Å². The fourth-order valence-electron chi connectivity index (χ4n) is 2.85. The van der Waals surface area contributed by atoms with Crippen molar-refractivity contribution in [1.82, 2.24) is 9.62 Å². The molecule has 2 aliphatic heterocycles. The van der Waals surface area contributed by atoms with Crippen LogP contribution >= 0.6 is 0 Å². The molecule has 1 N–H and O–H groups in total. The Morgan fingerprint density at radius 2 is 2.00 bits per heavy atom. The lowest BCUT2D eigenvalue weighted by atomic mass is 10.1. The second kappa shape index (κ2) is 4.80. The van der Waals surface area contributed by atoms with Crippen LogP contribution < -0.4 is 5.32 Å². The van der Waals surface area contributed by atoms with Crippen LogP contribution in [0.25, 0.3) is 0 Å². The molecule has 110 valence electrons. The molecule has 5 nitrogen and oxygen atoms in total. The summed E-state index contributed by atoms with van der Waals surface area (Å²) in [5, 5.41) is 3.23. The Morgan fingerprint density at radius 1 is 1.25 bits per heavy atom. The van der Waals surface area contributed by atoms with Gasteiger partial charge in [0.15, 0.2) is 0 Å². The van der Waals surface area contributed by atoms with E-state index in [0.717, 1.165) is 18.7 Å². The normalized spacial score (nSPS) is 22.7. The molecule has 1 aromatic carbocycles. The number of nitrogens with zero attached hydrogens (tertiary/aromatic N) is 1. The van der Waals surface area contributed by atoms with Gasteiger partial charge in [0.2, 0.25) is 10.0 Å². The SMILES string of the molecule is CC1(C)COCCN1S(=O)(=O)c1ccc2c(c1)CNC2. The first kappa shape index (κ1) is 14.0. The van der Waals surface area contributed by atoms with Crippen molar-refractivity contribution in [3.63, 3.8) is 0 Å². The van der Waals surface area contributed by atoms with Gasteiger partial charge in [-0.2, -0.15) is 4.31 Å². The molecule has 0 amide bonds. The van der Waals surface area contributed by atoms with Gasteiger partial charge in [0.25, 0.3) is 0 Å². The predicted octanol–water partition coefficient (Wildman–Crippen LogP) is 1.09. The molecule has 2 heterocycles. The predicted molar refractivity (Wildman–Crippen MR) is 75.8 cm³/mol. The van der Waals surface area contributed by atoms with Crippen molar-refractivity contribution >= 4 is 10.0 Å². The molecule has 0 aliphatic carbocycles. The fourth-order valence-corrected chi connectivity index (χ4v) is 4.65. The highest BCUT2D eigenvalue weighted by molar-refractivity contribution is 7.89. The fraction of sp³-hybridized carbons (Fsp3) is 0.571. The first-order valence-electron chi connectivity index (χ1n) is 6.84. The highest BCUT2D eigenvalue weighted by Crippen LogP contribution is 2.29. The Balaban J connectivity index is 1.99. The average Bonchev–Trinajstić information content (AvgIpc) is 2.84. The van der Waals surface area contributed by atoms with Crippen molar-refractivity contribution in [3.8, 4) is 0 Å².